The Morgan fingerprint density at radius 3 is 1.50 bits per heavy atom. The summed E-state index contributed by atoms with van der Waals surface area (Å²) in [4.78, 5) is 22.9. The molecule has 0 unspecified atom stereocenters. The van der Waals surface area contributed by atoms with Crippen LogP contribution in [0.5, 0.6) is 0 Å². The molecule has 1 rings (SSSR count). The number of carbonyl (C=O) groups excluding carboxylic acids is 2. The molecule has 0 aliphatic heterocycles. The van der Waals surface area contributed by atoms with Crippen LogP contribution in [0.3, 0.4) is 0 Å². The second-order valence-corrected chi connectivity index (χ2v) is 5.77. The van der Waals surface area contributed by atoms with Crippen LogP contribution in [0.4, 0.5) is 21.0 Å². The van der Waals surface area contributed by atoms with Crippen LogP contribution < -0.4 is 10.6 Å². The van der Waals surface area contributed by atoms with Gasteiger partial charge in [-0.3, -0.25) is 10.6 Å². The summed E-state index contributed by atoms with van der Waals surface area (Å²) in [5, 5.41) is 6.76. The first-order valence-corrected chi connectivity index (χ1v) is 8.99. The van der Waals surface area contributed by atoms with Gasteiger partial charge < -0.3 is 9.47 Å². The second kappa shape index (κ2) is 11.3. The Morgan fingerprint density at radius 1 is 0.818 bits per heavy atom. The molecule has 1 aromatic rings. The average Bonchev–Trinajstić information content (AvgIpc) is 2.50. The van der Waals surface area contributed by atoms with Crippen molar-refractivity contribution < 1.29 is 19.1 Å². The van der Waals surface area contributed by atoms with E-state index in [0.29, 0.717) is 24.6 Å². The first-order chi connectivity index (χ1) is 10.7. The van der Waals surface area contributed by atoms with Crippen molar-refractivity contribution in [1.82, 2.24) is 0 Å². The van der Waals surface area contributed by atoms with E-state index >= 15 is 0 Å². The van der Waals surface area contributed by atoms with E-state index in [1.807, 2.05) is 0 Å². The number of rotatable bonds is 8. The van der Waals surface area contributed by atoms with Gasteiger partial charge in [0, 0.05) is 22.0 Å². The lowest BCUT2D eigenvalue weighted by molar-refractivity contribution is 0.161. The number of ether oxygens (including phenoxy) is 2. The molecular formula is C14H18Br2N2O4. The predicted octanol–water partition coefficient (Wildman–Crippen LogP) is 4.35. The molecule has 0 bridgehead atoms. The van der Waals surface area contributed by atoms with E-state index in [2.05, 4.69) is 42.5 Å². The number of amides is 2. The summed E-state index contributed by atoms with van der Waals surface area (Å²) in [5.74, 6) is 0. The molecule has 0 fully saturated rings. The summed E-state index contributed by atoms with van der Waals surface area (Å²) in [6, 6.07) is 6.67. The molecule has 22 heavy (non-hydrogen) atoms. The molecule has 0 spiro atoms. The maximum Gasteiger partial charge on any atom is 0.411 e. The first-order valence-electron chi connectivity index (χ1n) is 6.75. The van der Waals surface area contributed by atoms with Crippen LogP contribution >= 0.6 is 31.9 Å². The van der Waals surface area contributed by atoms with Crippen LogP contribution in [-0.2, 0) is 9.47 Å². The SMILES string of the molecule is O=C(Nc1ccc(NC(=O)OCCCBr)cc1)OCCCBr. The van der Waals surface area contributed by atoms with Crippen molar-refractivity contribution in [3.63, 3.8) is 0 Å². The highest BCUT2D eigenvalue weighted by Crippen LogP contribution is 2.14. The molecular weight excluding hydrogens is 420 g/mol. The molecule has 0 saturated carbocycles. The van der Waals surface area contributed by atoms with Crippen LogP contribution in [0.25, 0.3) is 0 Å². The second-order valence-electron chi connectivity index (χ2n) is 4.18. The predicted molar refractivity (Wildman–Crippen MR) is 93.2 cm³/mol. The molecule has 0 aliphatic rings. The number of hydrogen-bond acceptors (Lipinski definition) is 4. The quantitative estimate of drug-likeness (QED) is 0.468. The molecule has 8 heteroatoms. The lowest BCUT2D eigenvalue weighted by Gasteiger charge is -2.08. The maximum absolute atomic E-state index is 11.5. The number of hydrogen-bond donors (Lipinski definition) is 2. The molecule has 6 nitrogen and oxygen atoms in total. The van der Waals surface area contributed by atoms with E-state index in [-0.39, 0.29) is 0 Å². The third-order valence-electron chi connectivity index (χ3n) is 2.40. The monoisotopic (exact) mass is 436 g/mol. The van der Waals surface area contributed by atoms with E-state index in [0.717, 1.165) is 23.5 Å². The molecule has 122 valence electrons. The molecule has 0 atom stereocenters. The lowest BCUT2D eigenvalue weighted by atomic mass is 10.3. The maximum atomic E-state index is 11.5. The molecule has 2 amide bonds. The Bertz CT molecular complexity index is 425. The fraction of sp³-hybridized carbons (Fsp3) is 0.429. The standard InChI is InChI=1S/C14H18Br2N2O4/c15-7-1-9-21-13(19)17-11-3-5-12(6-4-11)18-14(20)22-10-2-8-16/h3-6H,1-2,7-10H2,(H,17,19)(H,18,20). The summed E-state index contributed by atoms with van der Waals surface area (Å²) in [6.45, 7) is 0.716. The Morgan fingerprint density at radius 2 is 1.18 bits per heavy atom. The highest BCUT2D eigenvalue weighted by Gasteiger charge is 2.05. The van der Waals surface area contributed by atoms with Gasteiger partial charge in [0.05, 0.1) is 13.2 Å². The van der Waals surface area contributed by atoms with Crippen LogP contribution in [0, 0.1) is 0 Å². The summed E-state index contributed by atoms with van der Waals surface area (Å²) in [6.07, 6.45) is 0.507. The summed E-state index contributed by atoms with van der Waals surface area (Å²) in [5.41, 5.74) is 1.17. The van der Waals surface area contributed by atoms with E-state index in [1.54, 1.807) is 24.3 Å². The number of halogens is 2. The van der Waals surface area contributed by atoms with Gasteiger partial charge in [0.25, 0.3) is 0 Å². The van der Waals surface area contributed by atoms with Crippen molar-refractivity contribution in [2.24, 2.45) is 0 Å². The fourth-order valence-electron chi connectivity index (χ4n) is 1.38. The largest absolute Gasteiger partial charge is 0.449 e. The Balaban J connectivity index is 2.36. The van der Waals surface area contributed by atoms with Crippen molar-refractivity contribution in [2.75, 3.05) is 34.5 Å². The van der Waals surface area contributed by atoms with Crippen molar-refractivity contribution in [2.45, 2.75) is 12.8 Å². The van der Waals surface area contributed by atoms with Gasteiger partial charge >= 0.3 is 12.2 Å². The minimum absolute atomic E-state index is 0.358. The van der Waals surface area contributed by atoms with Crippen LogP contribution in [0.15, 0.2) is 24.3 Å². The van der Waals surface area contributed by atoms with Crippen molar-refractivity contribution in [3.05, 3.63) is 24.3 Å². The van der Waals surface area contributed by atoms with Gasteiger partial charge in [0.2, 0.25) is 0 Å². The van der Waals surface area contributed by atoms with Gasteiger partial charge in [-0.1, -0.05) is 31.9 Å². The minimum atomic E-state index is -0.504. The first kappa shape index (κ1) is 18.8. The number of anilines is 2. The number of nitrogens with one attached hydrogen (secondary N) is 2. The minimum Gasteiger partial charge on any atom is -0.449 e. The van der Waals surface area contributed by atoms with Gasteiger partial charge in [-0.15, -0.1) is 0 Å². The van der Waals surface area contributed by atoms with Gasteiger partial charge in [-0.05, 0) is 37.1 Å². The smallest absolute Gasteiger partial charge is 0.411 e. The highest BCUT2D eigenvalue weighted by molar-refractivity contribution is 9.09. The molecule has 2 N–H and O–H groups in total. The normalized spacial score (nSPS) is 9.91. The zero-order valence-corrected chi connectivity index (χ0v) is 15.1. The van der Waals surface area contributed by atoms with Crippen molar-refractivity contribution in [3.8, 4) is 0 Å². The van der Waals surface area contributed by atoms with Gasteiger partial charge in [0.1, 0.15) is 0 Å². The van der Waals surface area contributed by atoms with Gasteiger partial charge in [-0.25, -0.2) is 9.59 Å². The van der Waals surface area contributed by atoms with Crippen LogP contribution in [-0.4, -0.2) is 36.1 Å². The van der Waals surface area contributed by atoms with Gasteiger partial charge in [0.15, 0.2) is 0 Å². The molecule has 0 aliphatic carbocycles. The van der Waals surface area contributed by atoms with E-state index in [1.165, 1.54) is 0 Å². The van der Waals surface area contributed by atoms with Gasteiger partial charge in [-0.2, -0.15) is 0 Å². The molecule has 0 radical (unpaired) electrons. The third kappa shape index (κ3) is 8.23. The Hall–Kier alpha value is -1.28. The molecule has 0 aromatic heterocycles. The number of benzene rings is 1. The average molecular weight is 438 g/mol. The summed E-state index contributed by atoms with van der Waals surface area (Å²) < 4.78 is 9.92. The summed E-state index contributed by atoms with van der Waals surface area (Å²) in [7, 11) is 0. The molecule has 0 heterocycles. The Kier molecular flexibility index (Phi) is 9.65. The van der Waals surface area contributed by atoms with Crippen LogP contribution in [0.2, 0.25) is 0 Å². The zero-order valence-electron chi connectivity index (χ0n) is 11.9. The topological polar surface area (TPSA) is 76.7 Å². The van der Waals surface area contributed by atoms with E-state index in [4.69, 9.17) is 9.47 Å². The fourth-order valence-corrected chi connectivity index (χ4v) is 1.84. The van der Waals surface area contributed by atoms with Crippen LogP contribution in [0.1, 0.15) is 12.8 Å². The number of alkyl halides is 2. The lowest BCUT2D eigenvalue weighted by Crippen LogP contribution is -2.15. The summed E-state index contributed by atoms with van der Waals surface area (Å²) >= 11 is 6.51. The zero-order chi connectivity index (χ0) is 16.2. The van der Waals surface area contributed by atoms with E-state index < -0.39 is 12.2 Å². The molecule has 1 aromatic carbocycles. The highest BCUT2D eigenvalue weighted by atomic mass is 79.9. The number of carbonyl (C=O) groups is 2. The Labute approximate surface area is 146 Å². The van der Waals surface area contributed by atoms with E-state index in [9.17, 15) is 9.59 Å². The van der Waals surface area contributed by atoms with Crippen molar-refractivity contribution >= 4 is 55.4 Å². The molecule has 0 saturated heterocycles. The third-order valence-corrected chi connectivity index (χ3v) is 3.52. The van der Waals surface area contributed by atoms with Crippen molar-refractivity contribution in [1.29, 1.82) is 0 Å².